The van der Waals surface area contributed by atoms with Crippen molar-refractivity contribution in [1.29, 1.82) is 0 Å². The lowest BCUT2D eigenvalue weighted by Gasteiger charge is -2.25. The standard InChI is InChI=1S/C24H26N2O5/c27-21(26-24(22(28)29)12-5-6-13-24)11-14-25-23(30)31-15-20-18-9-3-1-7-16(18)17-8-2-4-10-19(17)20/h1-4,7-10,20H,5-6,11-15H2,(H,25,30)(H,26,27)(H,28,29). The normalized spacial score (nSPS) is 16.3. The number of hydrogen-bond acceptors (Lipinski definition) is 4. The molecule has 0 heterocycles. The molecule has 0 bridgehead atoms. The SMILES string of the molecule is O=C(CCNC(=O)OCC1c2ccccc2-c2ccccc21)NC1(C(=O)O)CCCC1. The zero-order chi connectivity index (χ0) is 21.8. The Morgan fingerprint density at radius 3 is 2.13 bits per heavy atom. The highest BCUT2D eigenvalue weighted by molar-refractivity contribution is 5.87. The van der Waals surface area contributed by atoms with Crippen LogP contribution in [0, 0.1) is 0 Å². The van der Waals surface area contributed by atoms with Crippen molar-refractivity contribution in [3.8, 4) is 11.1 Å². The van der Waals surface area contributed by atoms with E-state index in [4.69, 9.17) is 4.74 Å². The maximum Gasteiger partial charge on any atom is 0.407 e. The van der Waals surface area contributed by atoms with E-state index < -0.39 is 17.6 Å². The molecule has 7 nitrogen and oxygen atoms in total. The number of benzene rings is 2. The molecule has 31 heavy (non-hydrogen) atoms. The Morgan fingerprint density at radius 2 is 1.55 bits per heavy atom. The molecule has 2 aliphatic rings. The molecule has 0 spiro atoms. The van der Waals surface area contributed by atoms with Crippen molar-refractivity contribution in [2.24, 2.45) is 0 Å². The molecule has 2 aromatic rings. The van der Waals surface area contributed by atoms with Crippen LogP contribution in [0.1, 0.15) is 49.1 Å². The first-order chi connectivity index (χ1) is 15.0. The molecule has 7 heteroatoms. The lowest BCUT2D eigenvalue weighted by molar-refractivity contribution is -0.147. The summed E-state index contributed by atoms with van der Waals surface area (Å²) < 4.78 is 5.44. The Bertz CT molecular complexity index is 951. The van der Waals surface area contributed by atoms with E-state index in [1.807, 2.05) is 36.4 Å². The van der Waals surface area contributed by atoms with Crippen LogP contribution in [0.5, 0.6) is 0 Å². The average Bonchev–Trinajstić information content (AvgIpc) is 3.36. The number of carboxylic acid groups (broad SMARTS) is 1. The molecule has 3 N–H and O–H groups in total. The van der Waals surface area contributed by atoms with Gasteiger partial charge in [0.05, 0.1) is 0 Å². The topological polar surface area (TPSA) is 105 Å². The summed E-state index contributed by atoms with van der Waals surface area (Å²) in [4.78, 5) is 35.9. The van der Waals surface area contributed by atoms with Crippen LogP contribution < -0.4 is 10.6 Å². The van der Waals surface area contributed by atoms with Gasteiger partial charge in [-0.1, -0.05) is 61.4 Å². The highest BCUT2D eigenvalue weighted by Gasteiger charge is 2.42. The molecule has 0 aliphatic heterocycles. The van der Waals surface area contributed by atoms with E-state index in [1.54, 1.807) is 0 Å². The van der Waals surface area contributed by atoms with E-state index in [9.17, 15) is 19.5 Å². The number of carbonyl (C=O) groups is 3. The molecule has 4 rings (SSSR count). The smallest absolute Gasteiger partial charge is 0.407 e. The van der Waals surface area contributed by atoms with E-state index in [1.165, 1.54) is 0 Å². The van der Waals surface area contributed by atoms with Gasteiger partial charge in [0.15, 0.2) is 0 Å². The van der Waals surface area contributed by atoms with E-state index in [0.29, 0.717) is 12.8 Å². The van der Waals surface area contributed by atoms with E-state index in [2.05, 4.69) is 22.8 Å². The molecule has 1 fully saturated rings. The summed E-state index contributed by atoms with van der Waals surface area (Å²) in [5, 5.41) is 14.7. The quantitative estimate of drug-likeness (QED) is 0.634. The van der Waals surface area contributed by atoms with Gasteiger partial charge in [-0.15, -0.1) is 0 Å². The molecule has 0 atom stereocenters. The van der Waals surface area contributed by atoms with E-state index >= 15 is 0 Å². The van der Waals surface area contributed by atoms with Crippen LogP contribution in [0.25, 0.3) is 11.1 Å². The molecule has 0 saturated heterocycles. The van der Waals surface area contributed by atoms with Gasteiger partial charge in [0, 0.05) is 18.9 Å². The Morgan fingerprint density at radius 1 is 0.968 bits per heavy atom. The lowest BCUT2D eigenvalue weighted by atomic mass is 9.97. The second-order valence-corrected chi connectivity index (χ2v) is 8.14. The number of carbonyl (C=O) groups excluding carboxylic acids is 2. The summed E-state index contributed by atoms with van der Waals surface area (Å²) in [7, 11) is 0. The molecule has 0 aromatic heterocycles. The minimum Gasteiger partial charge on any atom is -0.480 e. The number of rotatable bonds is 7. The van der Waals surface area contributed by atoms with Gasteiger partial charge in [-0.25, -0.2) is 9.59 Å². The highest BCUT2D eigenvalue weighted by atomic mass is 16.5. The second kappa shape index (κ2) is 8.79. The van der Waals surface area contributed by atoms with Gasteiger partial charge in [0.25, 0.3) is 0 Å². The minimum absolute atomic E-state index is 0.000768. The maximum absolute atomic E-state index is 12.2. The van der Waals surface area contributed by atoms with Gasteiger partial charge >= 0.3 is 12.1 Å². The van der Waals surface area contributed by atoms with Crippen molar-refractivity contribution < 1.29 is 24.2 Å². The zero-order valence-corrected chi connectivity index (χ0v) is 17.2. The first-order valence-electron chi connectivity index (χ1n) is 10.6. The van der Waals surface area contributed by atoms with Crippen molar-refractivity contribution >= 4 is 18.0 Å². The Hall–Kier alpha value is -3.35. The zero-order valence-electron chi connectivity index (χ0n) is 17.2. The van der Waals surface area contributed by atoms with Crippen molar-refractivity contribution in [3.63, 3.8) is 0 Å². The van der Waals surface area contributed by atoms with Crippen LogP contribution in [0.3, 0.4) is 0 Å². The van der Waals surface area contributed by atoms with E-state index in [0.717, 1.165) is 35.1 Å². The van der Waals surface area contributed by atoms with Crippen LogP contribution in [-0.2, 0) is 14.3 Å². The van der Waals surface area contributed by atoms with Gasteiger partial charge in [0.1, 0.15) is 12.1 Å². The summed E-state index contributed by atoms with van der Waals surface area (Å²) >= 11 is 0. The molecule has 2 amide bonds. The molecule has 162 valence electrons. The minimum atomic E-state index is -1.17. The van der Waals surface area contributed by atoms with Crippen LogP contribution in [-0.4, -0.2) is 41.8 Å². The third-order valence-electron chi connectivity index (χ3n) is 6.21. The molecule has 2 aliphatic carbocycles. The van der Waals surface area contributed by atoms with Gasteiger partial charge < -0.3 is 20.5 Å². The predicted octanol–water partition coefficient (Wildman–Crippen LogP) is 3.43. The van der Waals surface area contributed by atoms with Crippen LogP contribution >= 0.6 is 0 Å². The van der Waals surface area contributed by atoms with Crippen molar-refractivity contribution in [2.75, 3.05) is 13.2 Å². The first kappa shape index (κ1) is 20.9. The van der Waals surface area contributed by atoms with Gasteiger partial charge in [-0.3, -0.25) is 4.79 Å². The number of alkyl carbamates (subject to hydrolysis) is 1. The molecule has 0 unspecified atom stereocenters. The monoisotopic (exact) mass is 422 g/mol. The summed E-state index contributed by atoms with van der Waals surface area (Å²) in [6.07, 6.45) is 1.85. The van der Waals surface area contributed by atoms with Crippen LogP contribution in [0.15, 0.2) is 48.5 Å². The Balaban J connectivity index is 1.27. The average molecular weight is 422 g/mol. The van der Waals surface area contributed by atoms with Crippen molar-refractivity contribution in [3.05, 3.63) is 59.7 Å². The maximum atomic E-state index is 12.2. The second-order valence-electron chi connectivity index (χ2n) is 8.14. The molecular weight excluding hydrogens is 396 g/mol. The lowest BCUT2D eigenvalue weighted by Crippen LogP contribution is -2.52. The molecule has 2 aromatic carbocycles. The van der Waals surface area contributed by atoms with Gasteiger partial charge in [-0.05, 0) is 35.1 Å². The third kappa shape index (κ3) is 4.26. The number of amides is 2. The number of aliphatic carboxylic acids is 1. The number of hydrogen-bond donors (Lipinski definition) is 3. The molecule has 1 saturated carbocycles. The number of carboxylic acids is 1. The van der Waals surface area contributed by atoms with Crippen molar-refractivity contribution in [1.82, 2.24) is 10.6 Å². The fraction of sp³-hybridized carbons (Fsp3) is 0.375. The van der Waals surface area contributed by atoms with E-state index in [-0.39, 0.29) is 31.4 Å². The summed E-state index contributed by atoms with van der Waals surface area (Å²) in [5.41, 5.74) is 3.41. The third-order valence-corrected chi connectivity index (χ3v) is 6.21. The number of fused-ring (bicyclic) bond motifs is 3. The fourth-order valence-corrected chi connectivity index (χ4v) is 4.63. The summed E-state index contributed by atoms with van der Waals surface area (Å²) in [5.74, 6) is -1.41. The van der Waals surface area contributed by atoms with Crippen molar-refractivity contribution in [2.45, 2.75) is 43.6 Å². The Kier molecular flexibility index (Phi) is 5.93. The summed E-state index contributed by atoms with van der Waals surface area (Å²) in [6, 6.07) is 16.2. The number of ether oxygens (including phenoxy) is 1. The molecular formula is C24H26N2O5. The fourth-order valence-electron chi connectivity index (χ4n) is 4.63. The van der Waals surface area contributed by atoms with Gasteiger partial charge in [0.2, 0.25) is 5.91 Å². The Labute approximate surface area is 180 Å². The van der Waals surface area contributed by atoms with Crippen LogP contribution in [0.2, 0.25) is 0 Å². The summed E-state index contributed by atoms with van der Waals surface area (Å²) in [6.45, 7) is 0.284. The number of nitrogens with one attached hydrogen (secondary N) is 2. The predicted molar refractivity (Wildman–Crippen MR) is 115 cm³/mol. The van der Waals surface area contributed by atoms with Gasteiger partial charge in [-0.2, -0.15) is 0 Å². The molecule has 0 radical (unpaired) electrons. The highest BCUT2D eigenvalue weighted by Crippen LogP contribution is 2.44. The largest absolute Gasteiger partial charge is 0.480 e. The van der Waals surface area contributed by atoms with Crippen LogP contribution in [0.4, 0.5) is 4.79 Å². The first-order valence-corrected chi connectivity index (χ1v) is 10.6.